The third kappa shape index (κ3) is 4.15. The molecule has 0 unspecified atom stereocenters. The molecule has 2 aromatic carbocycles. The fourth-order valence-corrected chi connectivity index (χ4v) is 1.94. The second kappa shape index (κ2) is 7.93. The van der Waals surface area contributed by atoms with Gasteiger partial charge in [-0.2, -0.15) is 0 Å². The highest BCUT2D eigenvalue weighted by atomic mass is 16.5. The first-order valence-electron chi connectivity index (χ1n) is 6.89. The molecule has 0 saturated carbocycles. The Balaban J connectivity index is 1.91. The quantitative estimate of drug-likeness (QED) is 0.853. The number of carbonyl (C=O) groups excluding carboxylic acids is 1. The second-order valence-electron chi connectivity index (χ2n) is 4.54. The molecule has 0 radical (unpaired) electrons. The Hall–Kier alpha value is -2.69. The molecule has 0 heterocycles. The van der Waals surface area contributed by atoms with Gasteiger partial charge in [-0.05, 0) is 17.7 Å². The molecule has 116 valence electrons. The van der Waals surface area contributed by atoms with Crippen molar-refractivity contribution in [1.82, 2.24) is 5.32 Å². The molecule has 0 aliphatic carbocycles. The molecule has 2 rings (SSSR count). The summed E-state index contributed by atoms with van der Waals surface area (Å²) in [5.41, 5.74) is 1.03. The maximum atomic E-state index is 11.9. The van der Waals surface area contributed by atoms with Gasteiger partial charge in [-0.15, -0.1) is 0 Å². The fourth-order valence-electron chi connectivity index (χ4n) is 1.94. The van der Waals surface area contributed by atoms with Gasteiger partial charge < -0.3 is 19.5 Å². The highest BCUT2D eigenvalue weighted by Crippen LogP contribution is 2.36. The summed E-state index contributed by atoms with van der Waals surface area (Å²) in [4.78, 5) is 11.9. The summed E-state index contributed by atoms with van der Waals surface area (Å²) < 4.78 is 16.0. The van der Waals surface area contributed by atoms with E-state index >= 15 is 0 Å². The van der Waals surface area contributed by atoms with Crippen molar-refractivity contribution in [2.24, 2.45) is 0 Å². The van der Waals surface area contributed by atoms with Gasteiger partial charge in [0, 0.05) is 6.54 Å². The van der Waals surface area contributed by atoms with Crippen LogP contribution < -0.4 is 19.5 Å². The van der Waals surface area contributed by atoms with E-state index in [4.69, 9.17) is 14.2 Å². The van der Waals surface area contributed by atoms with Crippen LogP contribution in [0.3, 0.4) is 0 Å². The summed E-state index contributed by atoms with van der Waals surface area (Å²) >= 11 is 0. The molecule has 0 spiro atoms. The van der Waals surface area contributed by atoms with Crippen molar-refractivity contribution in [3.05, 3.63) is 54.1 Å². The van der Waals surface area contributed by atoms with Crippen LogP contribution in [0.4, 0.5) is 0 Å². The molecule has 0 aliphatic heterocycles. The zero-order chi connectivity index (χ0) is 15.8. The van der Waals surface area contributed by atoms with E-state index < -0.39 is 0 Å². The van der Waals surface area contributed by atoms with Gasteiger partial charge in [-0.1, -0.05) is 36.4 Å². The monoisotopic (exact) mass is 301 g/mol. The lowest BCUT2D eigenvalue weighted by Crippen LogP contribution is -2.28. The summed E-state index contributed by atoms with van der Waals surface area (Å²) in [7, 11) is 3.08. The van der Waals surface area contributed by atoms with E-state index in [1.807, 2.05) is 30.3 Å². The van der Waals surface area contributed by atoms with Crippen molar-refractivity contribution in [2.45, 2.75) is 6.54 Å². The Kier molecular flexibility index (Phi) is 5.65. The molecular formula is C17H19NO4. The SMILES string of the molecule is COc1cccc(OC)c1OCC(=O)NCc1ccccc1. The van der Waals surface area contributed by atoms with Crippen molar-refractivity contribution < 1.29 is 19.0 Å². The molecule has 0 saturated heterocycles. The number of nitrogens with one attached hydrogen (secondary N) is 1. The smallest absolute Gasteiger partial charge is 0.258 e. The Morgan fingerprint density at radius 3 is 2.18 bits per heavy atom. The maximum absolute atomic E-state index is 11.9. The van der Waals surface area contributed by atoms with Crippen LogP contribution in [0.15, 0.2) is 48.5 Å². The molecule has 0 aliphatic rings. The standard InChI is InChI=1S/C17H19NO4/c1-20-14-9-6-10-15(21-2)17(14)22-12-16(19)18-11-13-7-4-3-5-8-13/h3-10H,11-12H2,1-2H3,(H,18,19). The topological polar surface area (TPSA) is 56.8 Å². The molecule has 0 atom stereocenters. The molecule has 1 N–H and O–H groups in total. The molecule has 0 bridgehead atoms. The molecular weight excluding hydrogens is 282 g/mol. The summed E-state index contributed by atoms with van der Waals surface area (Å²) in [5, 5.41) is 2.80. The van der Waals surface area contributed by atoms with Crippen LogP contribution in [0.1, 0.15) is 5.56 Å². The molecule has 5 nitrogen and oxygen atoms in total. The van der Waals surface area contributed by atoms with Gasteiger partial charge in [0.25, 0.3) is 5.91 Å². The van der Waals surface area contributed by atoms with E-state index in [0.29, 0.717) is 23.8 Å². The van der Waals surface area contributed by atoms with Crippen LogP contribution in [0.2, 0.25) is 0 Å². The first-order valence-corrected chi connectivity index (χ1v) is 6.89. The van der Waals surface area contributed by atoms with Gasteiger partial charge in [0.2, 0.25) is 5.75 Å². The number of benzene rings is 2. The van der Waals surface area contributed by atoms with E-state index in [-0.39, 0.29) is 12.5 Å². The van der Waals surface area contributed by atoms with E-state index in [1.165, 1.54) is 14.2 Å². The number of ether oxygens (including phenoxy) is 3. The van der Waals surface area contributed by atoms with Crippen LogP contribution in [-0.4, -0.2) is 26.7 Å². The normalized spacial score (nSPS) is 9.91. The van der Waals surface area contributed by atoms with Crippen molar-refractivity contribution >= 4 is 5.91 Å². The number of carbonyl (C=O) groups is 1. The van der Waals surface area contributed by atoms with E-state index in [1.54, 1.807) is 18.2 Å². The highest BCUT2D eigenvalue weighted by Gasteiger charge is 2.13. The average Bonchev–Trinajstić information content (AvgIpc) is 2.58. The van der Waals surface area contributed by atoms with Crippen LogP contribution in [0, 0.1) is 0 Å². The number of rotatable bonds is 7. The van der Waals surface area contributed by atoms with Gasteiger partial charge >= 0.3 is 0 Å². The first-order chi connectivity index (χ1) is 10.7. The van der Waals surface area contributed by atoms with Gasteiger partial charge in [-0.25, -0.2) is 0 Å². The lowest BCUT2D eigenvalue weighted by molar-refractivity contribution is -0.123. The summed E-state index contributed by atoms with van der Waals surface area (Å²) in [6, 6.07) is 15.0. The van der Waals surface area contributed by atoms with Gasteiger partial charge in [0.1, 0.15) is 0 Å². The minimum atomic E-state index is -0.211. The Bertz CT molecular complexity index is 591. The molecule has 0 aromatic heterocycles. The largest absolute Gasteiger partial charge is 0.493 e. The number of para-hydroxylation sites is 1. The second-order valence-corrected chi connectivity index (χ2v) is 4.54. The van der Waals surface area contributed by atoms with E-state index in [2.05, 4.69) is 5.32 Å². The van der Waals surface area contributed by atoms with Crippen molar-refractivity contribution in [3.8, 4) is 17.2 Å². The lowest BCUT2D eigenvalue weighted by atomic mass is 10.2. The van der Waals surface area contributed by atoms with Gasteiger partial charge in [-0.3, -0.25) is 4.79 Å². The molecule has 22 heavy (non-hydrogen) atoms. The van der Waals surface area contributed by atoms with Crippen molar-refractivity contribution in [2.75, 3.05) is 20.8 Å². The van der Waals surface area contributed by atoms with E-state index in [0.717, 1.165) is 5.56 Å². The number of methoxy groups -OCH3 is 2. The minimum Gasteiger partial charge on any atom is -0.493 e. The van der Waals surface area contributed by atoms with Crippen molar-refractivity contribution in [3.63, 3.8) is 0 Å². The maximum Gasteiger partial charge on any atom is 0.258 e. The number of hydrogen-bond acceptors (Lipinski definition) is 4. The zero-order valence-electron chi connectivity index (χ0n) is 12.7. The highest BCUT2D eigenvalue weighted by molar-refractivity contribution is 5.77. The first kappa shape index (κ1) is 15.7. The van der Waals surface area contributed by atoms with Crippen LogP contribution >= 0.6 is 0 Å². The number of hydrogen-bond donors (Lipinski definition) is 1. The van der Waals surface area contributed by atoms with Crippen LogP contribution in [-0.2, 0) is 11.3 Å². The van der Waals surface area contributed by atoms with Crippen molar-refractivity contribution in [1.29, 1.82) is 0 Å². The Morgan fingerprint density at radius 2 is 1.59 bits per heavy atom. The van der Waals surface area contributed by atoms with Crippen LogP contribution in [0.25, 0.3) is 0 Å². The Labute approximate surface area is 129 Å². The molecule has 2 aromatic rings. The summed E-state index contributed by atoms with van der Waals surface area (Å²) in [6.07, 6.45) is 0. The fraction of sp³-hybridized carbons (Fsp3) is 0.235. The lowest BCUT2D eigenvalue weighted by Gasteiger charge is -2.14. The predicted octanol–water partition coefficient (Wildman–Crippen LogP) is 2.40. The third-order valence-corrected chi connectivity index (χ3v) is 3.06. The van der Waals surface area contributed by atoms with Crippen LogP contribution in [0.5, 0.6) is 17.2 Å². The summed E-state index contributed by atoms with van der Waals surface area (Å²) in [6.45, 7) is 0.357. The third-order valence-electron chi connectivity index (χ3n) is 3.06. The van der Waals surface area contributed by atoms with Gasteiger partial charge in [0.15, 0.2) is 18.1 Å². The minimum absolute atomic E-state index is 0.108. The molecule has 5 heteroatoms. The van der Waals surface area contributed by atoms with E-state index in [9.17, 15) is 4.79 Å². The van der Waals surface area contributed by atoms with Gasteiger partial charge in [0.05, 0.1) is 14.2 Å². The average molecular weight is 301 g/mol. The number of amides is 1. The Morgan fingerprint density at radius 1 is 0.955 bits per heavy atom. The zero-order valence-corrected chi connectivity index (χ0v) is 12.7. The molecule has 0 fully saturated rings. The molecule has 1 amide bonds. The predicted molar refractivity (Wildman–Crippen MR) is 83.3 cm³/mol. The summed E-state index contributed by atoms with van der Waals surface area (Å²) in [5.74, 6) is 1.25.